The van der Waals surface area contributed by atoms with Crippen LogP contribution in [-0.2, 0) is 21.4 Å². The van der Waals surface area contributed by atoms with Crippen LogP contribution in [-0.4, -0.2) is 35.5 Å². The van der Waals surface area contributed by atoms with E-state index in [0.29, 0.717) is 32.5 Å². The van der Waals surface area contributed by atoms with Crippen LogP contribution in [0.25, 0.3) is 0 Å². The Morgan fingerprint density at radius 2 is 1.88 bits per heavy atom. The van der Waals surface area contributed by atoms with Gasteiger partial charge in [0.15, 0.2) is 0 Å². The highest BCUT2D eigenvalue weighted by Crippen LogP contribution is 2.41. The minimum Gasteiger partial charge on any atom is -0.381 e. The smallest absolute Gasteiger partial charge is 0.233 e. The van der Waals surface area contributed by atoms with E-state index in [4.69, 9.17) is 9.72 Å². The first kappa shape index (κ1) is 22.7. The molecule has 0 aliphatic carbocycles. The normalized spacial score (nSPS) is 19.8. The largest absolute Gasteiger partial charge is 0.381 e. The molecule has 0 unspecified atom stereocenters. The summed E-state index contributed by atoms with van der Waals surface area (Å²) in [5, 5.41) is 0. The van der Waals surface area contributed by atoms with Crippen LogP contribution >= 0.6 is 0 Å². The van der Waals surface area contributed by atoms with Gasteiger partial charge in [0, 0.05) is 31.9 Å². The third-order valence-corrected chi connectivity index (χ3v) is 7.28. The Kier molecular flexibility index (Phi) is 6.46. The Hall–Kier alpha value is -3.05. The molecule has 2 aliphatic rings. The molecule has 2 fully saturated rings. The topological polar surface area (TPSA) is 42.4 Å². The summed E-state index contributed by atoms with van der Waals surface area (Å²) in [6.45, 7) is 4.01. The van der Waals surface area contributed by atoms with Crippen LogP contribution in [0, 0.1) is 12.7 Å². The second-order valence-corrected chi connectivity index (χ2v) is 9.58. The summed E-state index contributed by atoms with van der Waals surface area (Å²) >= 11 is 0. The molecule has 0 spiro atoms. The van der Waals surface area contributed by atoms with Crippen molar-refractivity contribution in [2.45, 2.75) is 50.5 Å². The van der Waals surface area contributed by atoms with Crippen LogP contribution in [0.4, 0.5) is 4.39 Å². The lowest BCUT2D eigenvalue weighted by Crippen LogP contribution is -2.49. The monoisotopic (exact) mass is 458 g/mol. The fourth-order valence-corrected chi connectivity index (χ4v) is 5.52. The maximum Gasteiger partial charge on any atom is 0.233 e. The van der Waals surface area contributed by atoms with Crippen molar-refractivity contribution in [3.8, 4) is 0 Å². The Morgan fingerprint density at radius 3 is 2.68 bits per heavy atom. The maximum absolute atomic E-state index is 14.2. The third-order valence-electron chi connectivity index (χ3n) is 7.28. The van der Waals surface area contributed by atoms with Crippen LogP contribution in [0.15, 0.2) is 66.7 Å². The first-order valence-corrected chi connectivity index (χ1v) is 12.2. The van der Waals surface area contributed by atoms with Crippen LogP contribution in [0.2, 0.25) is 0 Å². The highest BCUT2D eigenvalue weighted by molar-refractivity contribution is 5.89. The van der Waals surface area contributed by atoms with E-state index in [0.717, 1.165) is 41.9 Å². The zero-order chi connectivity index (χ0) is 23.5. The molecule has 0 radical (unpaired) electrons. The second kappa shape index (κ2) is 9.67. The van der Waals surface area contributed by atoms with Gasteiger partial charge in [0.25, 0.3) is 0 Å². The highest BCUT2D eigenvalue weighted by Gasteiger charge is 2.47. The van der Waals surface area contributed by atoms with Crippen molar-refractivity contribution in [2.75, 3.05) is 19.8 Å². The summed E-state index contributed by atoms with van der Waals surface area (Å²) in [4.78, 5) is 21.2. The standard InChI is InChI=1S/C29H31FN2O2/c1-21-6-2-8-23(18-21)29(13-16-34-17-14-29)28(33)32-15-5-12-27(32)26-11-4-10-25(31-26)20-22-7-3-9-24(30)19-22/h2-4,6-11,18-19,27H,5,12-17,20H2,1H3/t27-/m0/s1. The number of rotatable bonds is 5. The van der Waals surface area contributed by atoms with Gasteiger partial charge in [0.2, 0.25) is 5.91 Å². The minimum absolute atomic E-state index is 0.0375. The van der Waals surface area contributed by atoms with E-state index in [2.05, 4.69) is 30.0 Å². The molecule has 0 saturated carbocycles. The van der Waals surface area contributed by atoms with E-state index in [1.165, 1.54) is 11.6 Å². The fourth-order valence-electron chi connectivity index (χ4n) is 5.52. The first-order valence-electron chi connectivity index (χ1n) is 12.2. The van der Waals surface area contributed by atoms with Gasteiger partial charge >= 0.3 is 0 Å². The number of nitrogens with zero attached hydrogens (tertiary/aromatic N) is 2. The van der Waals surface area contributed by atoms with Crippen molar-refractivity contribution in [3.63, 3.8) is 0 Å². The first-order chi connectivity index (χ1) is 16.5. The van der Waals surface area contributed by atoms with Gasteiger partial charge < -0.3 is 9.64 Å². The van der Waals surface area contributed by atoms with Crippen molar-refractivity contribution >= 4 is 5.91 Å². The number of aromatic nitrogens is 1. The van der Waals surface area contributed by atoms with Crippen LogP contribution in [0.5, 0.6) is 0 Å². The Balaban J connectivity index is 1.43. The zero-order valence-corrected chi connectivity index (χ0v) is 19.7. The van der Waals surface area contributed by atoms with E-state index in [-0.39, 0.29) is 17.8 Å². The SMILES string of the molecule is Cc1cccc(C2(C(=O)N3CCC[C@H]3c3cccc(Cc4cccc(F)c4)n3)CCOCC2)c1. The van der Waals surface area contributed by atoms with Gasteiger partial charge in [0.1, 0.15) is 5.82 Å². The lowest BCUT2D eigenvalue weighted by Gasteiger charge is -2.41. The molecular formula is C29H31FN2O2. The Labute approximate surface area is 200 Å². The van der Waals surface area contributed by atoms with Crippen LogP contribution < -0.4 is 0 Å². The number of halogens is 1. The number of carbonyl (C=O) groups excluding carboxylic acids is 1. The van der Waals surface area contributed by atoms with Gasteiger partial charge in [-0.05, 0) is 68.0 Å². The van der Waals surface area contributed by atoms with Crippen molar-refractivity contribution in [1.82, 2.24) is 9.88 Å². The third kappa shape index (κ3) is 4.49. The Bertz CT molecular complexity index is 1170. The number of amides is 1. The predicted octanol–water partition coefficient (Wildman–Crippen LogP) is 5.53. The van der Waals surface area contributed by atoms with Crippen molar-refractivity contribution < 1.29 is 13.9 Å². The molecule has 0 bridgehead atoms. The summed E-state index contributed by atoms with van der Waals surface area (Å²) in [6, 6.07) is 21.0. The molecular weight excluding hydrogens is 427 g/mol. The van der Waals surface area contributed by atoms with Gasteiger partial charge in [-0.3, -0.25) is 9.78 Å². The van der Waals surface area contributed by atoms with E-state index < -0.39 is 5.41 Å². The van der Waals surface area contributed by atoms with Crippen molar-refractivity contribution in [2.24, 2.45) is 0 Å². The lowest BCUT2D eigenvalue weighted by atomic mass is 9.72. The average molecular weight is 459 g/mol. The molecule has 34 heavy (non-hydrogen) atoms. The number of ether oxygens (including phenoxy) is 1. The summed E-state index contributed by atoms with van der Waals surface area (Å²) < 4.78 is 19.3. The number of hydrogen-bond acceptors (Lipinski definition) is 3. The molecule has 2 saturated heterocycles. The van der Waals surface area contributed by atoms with E-state index in [9.17, 15) is 9.18 Å². The predicted molar refractivity (Wildman–Crippen MR) is 130 cm³/mol. The van der Waals surface area contributed by atoms with Crippen molar-refractivity contribution in [1.29, 1.82) is 0 Å². The molecule has 3 aromatic rings. The van der Waals surface area contributed by atoms with Crippen LogP contribution in [0.1, 0.15) is 59.8 Å². The summed E-state index contributed by atoms with van der Waals surface area (Å²) in [6.07, 6.45) is 3.84. The zero-order valence-electron chi connectivity index (χ0n) is 19.7. The number of benzene rings is 2. The summed E-state index contributed by atoms with van der Waals surface area (Å²) in [5.41, 5.74) is 4.42. The van der Waals surface area contributed by atoms with E-state index in [1.807, 2.05) is 30.3 Å². The number of likely N-dealkylation sites (tertiary alicyclic amines) is 1. The number of hydrogen-bond donors (Lipinski definition) is 0. The lowest BCUT2D eigenvalue weighted by molar-refractivity contribution is -0.142. The van der Waals surface area contributed by atoms with Gasteiger partial charge in [0.05, 0.1) is 17.2 Å². The van der Waals surface area contributed by atoms with Crippen LogP contribution in [0.3, 0.4) is 0 Å². The molecule has 5 heteroatoms. The number of aryl methyl sites for hydroxylation is 1. The van der Waals surface area contributed by atoms with E-state index in [1.54, 1.807) is 12.1 Å². The van der Waals surface area contributed by atoms with Gasteiger partial charge in [-0.2, -0.15) is 0 Å². The molecule has 4 nitrogen and oxygen atoms in total. The van der Waals surface area contributed by atoms with Gasteiger partial charge in [-0.15, -0.1) is 0 Å². The molecule has 176 valence electrons. The Morgan fingerprint density at radius 1 is 1.09 bits per heavy atom. The highest BCUT2D eigenvalue weighted by atomic mass is 19.1. The molecule has 5 rings (SSSR count). The molecule has 0 N–H and O–H groups in total. The molecule has 1 atom stereocenters. The minimum atomic E-state index is -0.550. The quantitative estimate of drug-likeness (QED) is 0.505. The molecule has 3 heterocycles. The number of carbonyl (C=O) groups is 1. The average Bonchev–Trinajstić information content (AvgIpc) is 3.34. The molecule has 1 aromatic heterocycles. The van der Waals surface area contributed by atoms with Gasteiger partial charge in [-0.25, -0.2) is 4.39 Å². The van der Waals surface area contributed by atoms with E-state index >= 15 is 0 Å². The fraction of sp³-hybridized carbons (Fsp3) is 0.379. The number of pyridine rings is 1. The summed E-state index contributed by atoms with van der Waals surface area (Å²) in [7, 11) is 0. The summed E-state index contributed by atoms with van der Waals surface area (Å²) in [5.74, 6) is -0.0413. The van der Waals surface area contributed by atoms with Gasteiger partial charge in [-0.1, -0.05) is 48.0 Å². The molecule has 1 amide bonds. The van der Waals surface area contributed by atoms with Crippen molar-refractivity contribution in [3.05, 3.63) is 101 Å². The molecule has 2 aromatic carbocycles. The molecule has 2 aliphatic heterocycles. The second-order valence-electron chi connectivity index (χ2n) is 9.58. The maximum atomic E-state index is 14.2.